The van der Waals surface area contributed by atoms with Crippen molar-refractivity contribution in [2.24, 2.45) is 0 Å². The molecule has 2 aliphatic rings. The second-order valence-electron chi connectivity index (χ2n) is 8.79. The molecule has 3 heterocycles. The van der Waals surface area contributed by atoms with Crippen LogP contribution in [0.3, 0.4) is 0 Å². The Balaban J connectivity index is 1.51. The van der Waals surface area contributed by atoms with Gasteiger partial charge in [0.15, 0.2) is 0 Å². The molecule has 0 saturated heterocycles. The van der Waals surface area contributed by atoms with E-state index in [4.69, 9.17) is 0 Å². The number of fused-ring (bicyclic) bond motifs is 5. The van der Waals surface area contributed by atoms with Crippen LogP contribution in [0.1, 0.15) is 46.1 Å². The second kappa shape index (κ2) is 8.40. The third-order valence-electron chi connectivity index (χ3n) is 6.72. The van der Waals surface area contributed by atoms with Gasteiger partial charge in [0.25, 0.3) is 0 Å². The van der Waals surface area contributed by atoms with Crippen molar-refractivity contribution < 1.29 is 13.6 Å². The SMILES string of the molecule is O=C(Nc1ccccc1F)N1Cc2c(sc3c2CCCC3)-n2cccc2[C@@H]1c1cccc(F)c1. The largest absolute Gasteiger partial charge is 0.323 e. The number of hydrogen-bond donors (Lipinski definition) is 1. The van der Waals surface area contributed by atoms with Gasteiger partial charge in [-0.25, -0.2) is 13.6 Å². The highest BCUT2D eigenvalue weighted by Gasteiger charge is 2.36. The number of aryl methyl sites for hydroxylation is 1. The van der Waals surface area contributed by atoms with Crippen molar-refractivity contribution in [2.75, 3.05) is 5.32 Å². The monoisotopic (exact) mass is 475 g/mol. The summed E-state index contributed by atoms with van der Waals surface area (Å²) in [5.41, 5.74) is 4.14. The van der Waals surface area contributed by atoms with Gasteiger partial charge in [-0.05, 0) is 73.2 Å². The average Bonchev–Trinajstić information content (AvgIpc) is 3.42. The number of nitrogens with zero attached hydrogens (tertiary/aromatic N) is 2. The van der Waals surface area contributed by atoms with E-state index < -0.39 is 17.9 Å². The Hall–Kier alpha value is -3.45. The number of nitrogens with one attached hydrogen (secondary N) is 1. The lowest BCUT2D eigenvalue weighted by Gasteiger charge is -2.31. The molecule has 6 rings (SSSR count). The van der Waals surface area contributed by atoms with Gasteiger partial charge in [-0.3, -0.25) is 0 Å². The highest BCUT2D eigenvalue weighted by molar-refractivity contribution is 7.15. The van der Waals surface area contributed by atoms with Crippen molar-refractivity contribution >= 4 is 23.1 Å². The first kappa shape index (κ1) is 21.1. The number of halogens is 2. The maximum absolute atomic E-state index is 14.4. The summed E-state index contributed by atoms with van der Waals surface area (Å²) in [6, 6.07) is 15.5. The molecular weight excluding hydrogens is 452 g/mol. The molecule has 7 heteroatoms. The van der Waals surface area contributed by atoms with E-state index >= 15 is 0 Å². The molecule has 0 fully saturated rings. The zero-order chi connectivity index (χ0) is 23.2. The molecule has 0 unspecified atom stereocenters. The number of hydrogen-bond acceptors (Lipinski definition) is 2. The minimum atomic E-state index is -0.531. The number of aromatic nitrogens is 1. The number of benzene rings is 2. The zero-order valence-electron chi connectivity index (χ0n) is 18.4. The van der Waals surface area contributed by atoms with Gasteiger partial charge in [0.1, 0.15) is 16.6 Å². The summed E-state index contributed by atoms with van der Waals surface area (Å²) in [5, 5.41) is 3.88. The van der Waals surface area contributed by atoms with Crippen molar-refractivity contribution in [3.05, 3.63) is 106 Å². The molecule has 0 spiro atoms. The van der Waals surface area contributed by atoms with Crippen LogP contribution in [-0.4, -0.2) is 15.5 Å². The minimum absolute atomic E-state index is 0.123. The zero-order valence-corrected chi connectivity index (χ0v) is 19.2. The fourth-order valence-corrected chi connectivity index (χ4v) is 6.57. The molecule has 0 saturated carbocycles. The van der Waals surface area contributed by atoms with E-state index in [0.717, 1.165) is 35.5 Å². The minimum Gasteiger partial charge on any atom is -0.310 e. The van der Waals surface area contributed by atoms with Crippen LogP contribution < -0.4 is 5.32 Å². The van der Waals surface area contributed by atoms with Crippen molar-refractivity contribution in [1.29, 1.82) is 0 Å². The number of anilines is 1. The van der Waals surface area contributed by atoms with Crippen LogP contribution in [0.2, 0.25) is 0 Å². The number of carbonyl (C=O) groups excluding carboxylic acids is 1. The molecule has 2 aromatic heterocycles. The van der Waals surface area contributed by atoms with Gasteiger partial charge in [-0.1, -0.05) is 24.3 Å². The molecule has 172 valence electrons. The van der Waals surface area contributed by atoms with E-state index in [1.165, 1.54) is 35.1 Å². The van der Waals surface area contributed by atoms with Crippen LogP contribution in [-0.2, 0) is 19.4 Å². The molecule has 34 heavy (non-hydrogen) atoms. The normalized spacial score (nSPS) is 16.9. The van der Waals surface area contributed by atoms with E-state index in [2.05, 4.69) is 9.88 Å². The third-order valence-corrected chi connectivity index (χ3v) is 8.05. The number of para-hydroxylation sites is 1. The van der Waals surface area contributed by atoms with Crippen LogP contribution in [0.4, 0.5) is 19.3 Å². The lowest BCUT2D eigenvalue weighted by molar-refractivity contribution is 0.194. The van der Waals surface area contributed by atoms with Crippen molar-refractivity contribution in [2.45, 2.75) is 38.3 Å². The summed E-state index contributed by atoms with van der Waals surface area (Å²) in [6.07, 6.45) is 6.36. The van der Waals surface area contributed by atoms with Crippen LogP contribution in [0.15, 0.2) is 66.9 Å². The van der Waals surface area contributed by atoms with E-state index in [1.54, 1.807) is 40.5 Å². The Kier molecular flexibility index (Phi) is 5.21. The van der Waals surface area contributed by atoms with Crippen molar-refractivity contribution in [3.63, 3.8) is 0 Å². The van der Waals surface area contributed by atoms with Gasteiger partial charge in [-0.2, -0.15) is 0 Å². The highest BCUT2D eigenvalue weighted by Crippen LogP contribution is 2.44. The third kappa shape index (κ3) is 3.51. The fraction of sp³-hybridized carbons (Fsp3) is 0.222. The first-order chi connectivity index (χ1) is 16.6. The summed E-state index contributed by atoms with van der Waals surface area (Å²) in [4.78, 5) is 16.8. The second-order valence-corrected chi connectivity index (χ2v) is 9.88. The van der Waals surface area contributed by atoms with Gasteiger partial charge >= 0.3 is 6.03 Å². The van der Waals surface area contributed by atoms with Crippen molar-refractivity contribution in [3.8, 4) is 5.00 Å². The number of thiophene rings is 1. The number of rotatable bonds is 2. The topological polar surface area (TPSA) is 37.3 Å². The van der Waals surface area contributed by atoms with Crippen molar-refractivity contribution in [1.82, 2.24) is 9.47 Å². The number of carbonyl (C=O) groups is 1. The molecule has 1 atom stereocenters. The first-order valence-electron chi connectivity index (χ1n) is 11.5. The molecule has 4 aromatic rings. The Morgan fingerprint density at radius 2 is 1.82 bits per heavy atom. The van der Waals surface area contributed by atoms with Gasteiger partial charge in [0, 0.05) is 16.6 Å². The summed E-state index contributed by atoms with van der Waals surface area (Å²) in [6.45, 7) is 0.365. The van der Waals surface area contributed by atoms with Gasteiger partial charge in [0.2, 0.25) is 0 Å². The smallest absolute Gasteiger partial charge is 0.310 e. The molecule has 1 aliphatic heterocycles. The molecular formula is C27H23F2N3OS. The average molecular weight is 476 g/mol. The summed E-state index contributed by atoms with van der Waals surface area (Å²) >= 11 is 1.79. The van der Waals surface area contributed by atoms with Crippen LogP contribution in [0, 0.1) is 11.6 Å². The van der Waals surface area contributed by atoms with E-state index in [0.29, 0.717) is 12.1 Å². The lowest BCUT2D eigenvalue weighted by atomic mass is 9.95. The number of urea groups is 1. The highest BCUT2D eigenvalue weighted by atomic mass is 32.1. The van der Waals surface area contributed by atoms with E-state index in [1.807, 2.05) is 24.4 Å². The predicted octanol–water partition coefficient (Wildman–Crippen LogP) is 6.83. The molecule has 0 radical (unpaired) electrons. The van der Waals surface area contributed by atoms with Crippen LogP contribution in [0.5, 0.6) is 0 Å². The van der Waals surface area contributed by atoms with Crippen LogP contribution in [0.25, 0.3) is 5.00 Å². The summed E-state index contributed by atoms with van der Waals surface area (Å²) < 4.78 is 30.8. The summed E-state index contributed by atoms with van der Waals surface area (Å²) in [5.74, 6) is -0.855. The summed E-state index contributed by atoms with van der Waals surface area (Å²) in [7, 11) is 0. The molecule has 1 aliphatic carbocycles. The maximum atomic E-state index is 14.4. The molecule has 2 aromatic carbocycles. The Morgan fingerprint density at radius 3 is 2.68 bits per heavy atom. The standard InChI is InChI=1S/C27H23F2N3OS/c28-18-8-5-7-17(15-18)25-23-12-6-14-31(23)26-20(19-9-1-4-13-24(19)34-26)16-32(25)27(33)30-22-11-3-2-10-21(22)29/h2-3,5-8,10-12,14-15,25H,1,4,9,13,16H2,(H,30,33)/t25-/m0/s1. The van der Waals surface area contributed by atoms with Gasteiger partial charge < -0.3 is 14.8 Å². The first-order valence-corrected chi connectivity index (χ1v) is 12.3. The van der Waals surface area contributed by atoms with Gasteiger partial charge in [0.05, 0.1) is 24.0 Å². The quantitative estimate of drug-likeness (QED) is 0.339. The molecule has 2 amide bonds. The van der Waals surface area contributed by atoms with Crippen LogP contribution >= 0.6 is 11.3 Å². The van der Waals surface area contributed by atoms with E-state index in [9.17, 15) is 13.6 Å². The molecule has 1 N–H and O–H groups in total. The number of amides is 2. The fourth-order valence-electron chi connectivity index (χ4n) is 5.16. The molecule has 4 nitrogen and oxygen atoms in total. The molecule has 0 bridgehead atoms. The Morgan fingerprint density at radius 1 is 0.971 bits per heavy atom. The Bertz CT molecular complexity index is 1390. The Labute approximate surface area is 200 Å². The predicted molar refractivity (Wildman–Crippen MR) is 129 cm³/mol. The van der Waals surface area contributed by atoms with E-state index in [-0.39, 0.29) is 11.5 Å². The van der Waals surface area contributed by atoms with Gasteiger partial charge in [-0.15, -0.1) is 11.3 Å². The maximum Gasteiger partial charge on any atom is 0.323 e. The lowest BCUT2D eigenvalue weighted by Crippen LogP contribution is -2.38.